The van der Waals surface area contributed by atoms with Crippen LogP contribution in [-0.2, 0) is 22.6 Å². The van der Waals surface area contributed by atoms with E-state index in [4.69, 9.17) is 0 Å². The Morgan fingerprint density at radius 1 is 0.789 bits per heavy atom. The van der Waals surface area contributed by atoms with Gasteiger partial charge in [0.25, 0.3) is 5.91 Å². The molecule has 1 atom stereocenters. The number of anilines is 2. The second kappa shape index (κ2) is 12.2. The van der Waals surface area contributed by atoms with Crippen LogP contribution in [0.25, 0.3) is 0 Å². The molecule has 5 nitrogen and oxygen atoms in total. The van der Waals surface area contributed by atoms with Gasteiger partial charge in [-0.25, -0.2) is 4.39 Å². The van der Waals surface area contributed by atoms with Crippen LogP contribution in [0.5, 0.6) is 0 Å². The van der Waals surface area contributed by atoms with Gasteiger partial charge in [0.2, 0.25) is 5.91 Å². The molecular formula is C32H32FN3O2. The molecule has 0 saturated carbocycles. The largest absolute Gasteiger partial charge is 0.378 e. The van der Waals surface area contributed by atoms with Crippen molar-refractivity contribution < 1.29 is 14.0 Å². The molecule has 2 amide bonds. The van der Waals surface area contributed by atoms with Crippen LogP contribution in [0.15, 0.2) is 103 Å². The minimum absolute atomic E-state index is 0.134. The standard InChI is InChI=1S/C32H32FN3O2/c1-23-9-13-26(14-10-23)31(32(38)34-28-17-19-29(20-18-28)35(2)3)36(22-25-11-15-27(33)16-12-25)30(37)21-24-7-5-4-6-8-24/h4-20,31H,21-22H2,1-3H3,(H,34,38). The Morgan fingerprint density at radius 3 is 2.03 bits per heavy atom. The molecule has 0 aliphatic rings. The summed E-state index contributed by atoms with van der Waals surface area (Å²) in [7, 11) is 3.90. The van der Waals surface area contributed by atoms with E-state index < -0.39 is 6.04 Å². The molecule has 0 heterocycles. The molecule has 4 aromatic rings. The minimum atomic E-state index is -0.898. The molecule has 0 fully saturated rings. The van der Waals surface area contributed by atoms with Crippen molar-refractivity contribution in [3.05, 3.63) is 131 Å². The third-order valence-corrected chi connectivity index (χ3v) is 6.39. The average Bonchev–Trinajstić information content (AvgIpc) is 2.91. The fourth-order valence-electron chi connectivity index (χ4n) is 4.26. The smallest absolute Gasteiger partial charge is 0.251 e. The van der Waals surface area contributed by atoms with Crippen molar-refractivity contribution >= 4 is 23.2 Å². The molecule has 194 valence electrons. The molecule has 0 aliphatic heterocycles. The van der Waals surface area contributed by atoms with Crippen LogP contribution >= 0.6 is 0 Å². The highest BCUT2D eigenvalue weighted by atomic mass is 19.1. The Bertz CT molecular complexity index is 1350. The zero-order chi connectivity index (χ0) is 27.1. The number of hydrogen-bond acceptors (Lipinski definition) is 3. The van der Waals surface area contributed by atoms with Gasteiger partial charge in [-0.05, 0) is 60.0 Å². The third-order valence-electron chi connectivity index (χ3n) is 6.39. The van der Waals surface area contributed by atoms with Gasteiger partial charge in [-0.3, -0.25) is 9.59 Å². The maximum absolute atomic E-state index is 13.9. The Morgan fingerprint density at radius 2 is 1.42 bits per heavy atom. The summed E-state index contributed by atoms with van der Waals surface area (Å²) in [4.78, 5) is 31.2. The second-order valence-corrected chi connectivity index (χ2v) is 9.55. The Balaban J connectivity index is 1.71. The van der Waals surface area contributed by atoms with E-state index in [-0.39, 0.29) is 30.6 Å². The SMILES string of the molecule is Cc1ccc(C(C(=O)Nc2ccc(N(C)C)cc2)N(Cc2ccc(F)cc2)C(=O)Cc2ccccc2)cc1. The molecule has 4 aromatic carbocycles. The molecule has 0 aromatic heterocycles. The van der Waals surface area contributed by atoms with E-state index in [1.165, 1.54) is 12.1 Å². The molecular weight excluding hydrogens is 477 g/mol. The maximum atomic E-state index is 13.9. The topological polar surface area (TPSA) is 52.7 Å². The second-order valence-electron chi connectivity index (χ2n) is 9.55. The van der Waals surface area contributed by atoms with Crippen LogP contribution in [0, 0.1) is 12.7 Å². The van der Waals surface area contributed by atoms with Crippen molar-refractivity contribution in [3.8, 4) is 0 Å². The molecule has 4 rings (SSSR count). The van der Waals surface area contributed by atoms with Gasteiger partial charge in [0.05, 0.1) is 6.42 Å². The summed E-state index contributed by atoms with van der Waals surface area (Å²) in [6.45, 7) is 2.12. The summed E-state index contributed by atoms with van der Waals surface area (Å²) in [6.07, 6.45) is 0.134. The first-order valence-electron chi connectivity index (χ1n) is 12.5. The van der Waals surface area contributed by atoms with Gasteiger partial charge in [0.1, 0.15) is 11.9 Å². The van der Waals surface area contributed by atoms with E-state index in [0.717, 1.165) is 22.4 Å². The van der Waals surface area contributed by atoms with E-state index in [0.29, 0.717) is 11.3 Å². The van der Waals surface area contributed by atoms with Crippen molar-refractivity contribution in [2.24, 2.45) is 0 Å². The minimum Gasteiger partial charge on any atom is -0.378 e. The van der Waals surface area contributed by atoms with E-state index in [1.807, 2.05) is 105 Å². The number of nitrogens with zero attached hydrogens (tertiary/aromatic N) is 2. The highest BCUT2D eigenvalue weighted by Gasteiger charge is 2.32. The average molecular weight is 510 g/mol. The Hall–Kier alpha value is -4.45. The predicted octanol–water partition coefficient (Wildman–Crippen LogP) is 6.15. The molecule has 1 N–H and O–H groups in total. The number of benzene rings is 4. The number of rotatable bonds is 9. The lowest BCUT2D eigenvalue weighted by atomic mass is 10.00. The lowest BCUT2D eigenvalue weighted by Gasteiger charge is -2.32. The number of aryl methyl sites for hydroxylation is 1. The van der Waals surface area contributed by atoms with Crippen molar-refractivity contribution in [2.45, 2.75) is 25.9 Å². The van der Waals surface area contributed by atoms with Crippen molar-refractivity contribution in [1.29, 1.82) is 0 Å². The molecule has 0 saturated heterocycles. The Kier molecular flexibility index (Phi) is 8.54. The molecule has 0 aliphatic carbocycles. The molecule has 38 heavy (non-hydrogen) atoms. The predicted molar refractivity (Wildman–Crippen MR) is 150 cm³/mol. The molecule has 0 spiro atoms. The van der Waals surface area contributed by atoms with Gasteiger partial charge < -0.3 is 15.1 Å². The summed E-state index contributed by atoms with van der Waals surface area (Å²) in [5, 5.41) is 3.00. The highest BCUT2D eigenvalue weighted by molar-refractivity contribution is 5.98. The number of nitrogens with one attached hydrogen (secondary N) is 1. The number of carbonyl (C=O) groups excluding carboxylic acids is 2. The van der Waals surface area contributed by atoms with Crippen molar-refractivity contribution in [3.63, 3.8) is 0 Å². The van der Waals surface area contributed by atoms with E-state index in [9.17, 15) is 14.0 Å². The maximum Gasteiger partial charge on any atom is 0.251 e. The quantitative estimate of drug-likeness (QED) is 0.294. The van der Waals surface area contributed by atoms with Gasteiger partial charge in [0.15, 0.2) is 0 Å². The van der Waals surface area contributed by atoms with Crippen LogP contribution in [0.1, 0.15) is 28.3 Å². The zero-order valence-electron chi connectivity index (χ0n) is 21.9. The number of hydrogen-bond donors (Lipinski definition) is 1. The molecule has 0 radical (unpaired) electrons. The van der Waals surface area contributed by atoms with Crippen LogP contribution in [0.2, 0.25) is 0 Å². The zero-order valence-corrected chi connectivity index (χ0v) is 21.9. The first kappa shape index (κ1) is 26.6. The molecule has 0 bridgehead atoms. The first-order chi connectivity index (χ1) is 18.3. The lowest BCUT2D eigenvalue weighted by Crippen LogP contribution is -2.41. The van der Waals surface area contributed by atoms with Gasteiger partial charge in [-0.2, -0.15) is 0 Å². The van der Waals surface area contributed by atoms with Gasteiger partial charge in [0, 0.05) is 32.0 Å². The van der Waals surface area contributed by atoms with Crippen molar-refractivity contribution in [1.82, 2.24) is 4.90 Å². The van der Waals surface area contributed by atoms with Crippen LogP contribution in [-0.4, -0.2) is 30.8 Å². The lowest BCUT2D eigenvalue weighted by molar-refractivity contribution is -0.139. The number of carbonyl (C=O) groups is 2. The van der Waals surface area contributed by atoms with Crippen LogP contribution < -0.4 is 10.2 Å². The van der Waals surface area contributed by atoms with E-state index >= 15 is 0 Å². The van der Waals surface area contributed by atoms with Gasteiger partial charge >= 0.3 is 0 Å². The van der Waals surface area contributed by atoms with Gasteiger partial charge in [-0.1, -0.05) is 72.3 Å². The fraction of sp³-hybridized carbons (Fsp3) is 0.188. The highest BCUT2D eigenvalue weighted by Crippen LogP contribution is 2.27. The summed E-state index contributed by atoms with van der Waals surface area (Å²) in [6, 6.07) is 29.7. The van der Waals surface area contributed by atoms with E-state index in [1.54, 1.807) is 17.0 Å². The third kappa shape index (κ3) is 6.85. The van der Waals surface area contributed by atoms with E-state index in [2.05, 4.69) is 5.32 Å². The summed E-state index contributed by atoms with van der Waals surface area (Å²) in [5.74, 6) is -0.885. The fourth-order valence-corrected chi connectivity index (χ4v) is 4.26. The monoisotopic (exact) mass is 509 g/mol. The van der Waals surface area contributed by atoms with Crippen LogP contribution in [0.3, 0.4) is 0 Å². The first-order valence-corrected chi connectivity index (χ1v) is 12.5. The normalized spacial score (nSPS) is 11.5. The van der Waals surface area contributed by atoms with Gasteiger partial charge in [-0.15, -0.1) is 0 Å². The summed E-state index contributed by atoms with van der Waals surface area (Å²) >= 11 is 0. The summed E-state index contributed by atoms with van der Waals surface area (Å²) < 4.78 is 13.6. The Labute approximate surface area is 223 Å². The van der Waals surface area contributed by atoms with Crippen molar-refractivity contribution in [2.75, 3.05) is 24.3 Å². The molecule has 1 unspecified atom stereocenters. The number of halogens is 1. The number of amides is 2. The van der Waals surface area contributed by atoms with Crippen LogP contribution in [0.4, 0.5) is 15.8 Å². The summed E-state index contributed by atoms with van der Waals surface area (Å²) in [5.41, 5.74) is 4.97. The molecule has 6 heteroatoms.